The van der Waals surface area contributed by atoms with Crippen molar-refractivity contribution in [2.24, 2.45) is 11.3 Å². The monoisotopic (exact) mass is 501 g/mol. The molecule has 35 heavy (non-hydrogen) atoms. The number of nitrogens with zero attached hydrogens (tertiary/aromatic N) is 1. The number of amides is 3. The number of H-pyrrole nitrogens is 1. The zero-order valence-electron chi connectivity index (χ0n) is 20.5. The Kier molecular flexibility index (Phi) is 8.28. The largest absolute Gasteiger partial charge is 0.497 e. The normalized spacial score (nSPS) is 17.7. The summed E-state index contributed by atoms with van der Waals surface area (Å²) in [5.74, 6) is -0.794. The average Bonchev–Trinajstić information content (AvgIpc) is 3.23. The number of carbonyl (C=O) groups is 3. The van der Waals surface area contributed by atoms with Crippen LogP contribution >= 0.6 is 11.6 Å². The van der Waals surface area contributed by atoms with E-state index in [-0.39, 0.29) is 29.4 Å². The summed E-state index contributed by atoms with van der Waals surface area (Å²) in [7, 11) is 1.53. The van der Waals surface area contributed by atoms with Gasteiger partial charge in [-0.2, -0.15) is 5.26 Å². The number of aromatic nitrogens is 1. The molecule has 0 saturated carbocycles. The summed E-state index contributed by atoms with van der Waals surface area (Å²) in [4.78, 5) is 41.3. The molecule has 3 rings (SSSR count). The summed E-state index contributed by atoms with van der Waals surface area (Å²) in [5.41, 5.74) is 0.556. The van der Waals surface area contributed by atoms with Gasteiger partial charge in [-0.3, -0.25) is 14.4 Å². The van der Waals surface area contributed by atoms with Crippen LogP contribution in [0.2, 0.25) is 5.02 Å². The van der Waals surface area contributed by atoms with E-state index in [2.05, 4.69) is 27.0 Å². The van der Waals surface area contributed by atoms with Gasteiger partial charge in [0.05, 0.1) is 23.7 Å². The van der Waals surface area contributed by atoms with Gasteiger partial charge >= 0.3 is 0 Å². The Labute approximate surface area is 209 Å². The summed E-state index contributed by atoms with van der Waals surface area (Å²) >= 11 is 6.30. The zero-order chi connectivity index (χ0) is 25.8. The van der Waals surface area contributed by atoms with E-state index >= 15 is 0 Å². The number of piperidine rings is 1. The Hall–Kier alpha value is -3.25. The minimum absolute atomic E-state index is 0.0978. The highest BCUT2D eigenvalue weighted by Crippen LogP contribution is 2.29. The summed E-state index contributed by atoms with van der Waals surface area (Å²) in [5, 5.41) is 19.0. The molecule has 2 heterocycles. The lowest BCUT2D eigenvalue weighted by atomic mass is 9.87. The number of nitriles is 1. The van der Waals surface area contributed by atoms with Crippen molar-refractivity contribution < 1.29 is 19.1 Å². The summed E-state index contributed by atoms with van der Waals surface area (Å²) in [6, 6.07) is 5.41. The van der Waals surface area contributed by atoms with Crippen LogP contribution in [0, 0.1) is 22.7 Å². The lowest BCUT2D eigenvalue weighted by molar-refractivity contribution is -0.128. The first kappa shape index (κ1) is 26.4. The molecular weight excluding hydrogens is 470 g/mol. The first-order chi connectivity index (χ1) is 16.5. The van der Waals surface area contributed by atoms with Gasteiger partial charge in [-0.25, -0.2) is 0 Å². The van der Waals surface area contributed by atoms with Crippen molar-refractivity contribution >= 4 is 40.2 Å². The third kappa shape index (κ3) is 6.89. The highest BCUT2D eigenvalue weighted by atomic mass is 35.5. The molecule has 3 atom stereocenters. The standard InChI is InChI=1S/C25H32ClN5O4/c1-25(2,3)12-20(24(34)29-16(13-27)8-14-6-5-7-28-22(14)32)31-23(33)19-10-15-9-17(35-4)11-18(26)21(15)30-19/h9-11,14,16,20,30H,5-8,12H2,1-4H3,(H,28,32)(H,29,34)(H,31,33)/t14-,16-,20-/m0/s1. The molecule has 1 aliphatic rings. The molecular formula is C25H32ClN5O4. The van der Waals surface area contributed by atoms with Gasteiger partial charge in [0.2, 0.25) is 11.8 Å². The van der Waals surface area contributed by atoms with Gasteiger partial charge < -0.3 is 25.7 Å². The second kappa shape index (κ2) is 11.0. The number of carbonyl (C=O) groups excluding carboxylic acids is 3. The van der Waals surface area contributed by atoms with Crippen molar-refractivity contribution in [3.05, 3.63) is 28.9 Å². The van der Waals surface area contributed by atoms with Gasteiger partial charge in [0.15, 0.2) is 0 Å². The highest BCUT2D eigenvalue weighted by molar-refractivity contribution is 6.35. The van der Waals surface area contributed by atoms with Crippen LogP contribution in [0.3, 0.4) is 0 Å². The third-order valence-corrected chi connectivity index (χ3v) is 6.26. The van der Waals surface area contributed by atoms with Crippen molar-refractivity contribution in [3.8, 4) is 11.8 Å². The fourth-order valence-corrected chi connectivity index (χ4v) is 4.50. The van der Waals surface area contributed by atoms with Crippen molar-refractivity contribution in [2.75, 3.05) is 13.7 Å². The third-order valence-electron chi connectivity index (χ3n) is 5.96. The predicted molar refractivity (Wildman–Crippen MR) is 133 cm³/mol. The van der Waals surface area contributed by atoms with Crippen LogP contribution in [0.5, 0.6) is 5.75 Å². The van der Waals surface area contributed by atoms with E-state index in [4.69, 9.17) is 16.3 Å². The number of hydrogen-bond donors (Lipinski definition) is 4. The number of benzene rings is 1. The predicted octanol–water partition coefficient (Wildman–Crippen LogP) is 3.29. The summed E-state index contributed by atoms with van der Waals surface area (Å²) in [6.07, 6.45) is 2.09. The number of fused-ring (bicyclic) bond motifs is 1. The van der Waals surface area contributed by atoms with Crippen LogP contribution in [-0.4, -0.2) is 48.4 Å². The second-order valence-corrected chi connectivity index (χ2v) is 10.5. The molecule has 1 aliphatic heterocycles. The van der Waals surface area contributed by atoms with Gasteiger partial charge in [-0.1, -0.05) is 32.4 Å². The Balaban J connectivity index is 1.75. The van der Waals surface area contributed by atoms with Crippen molar-refractivity contribution in [1.82, 2.24) is 20.9 Å². The molecule has 1 aromatic heterocycles. The Morgan fingerprint density at radius 2 is 2.03 bits per heavy atom. The molecule has 2 aromatic rings. The fraction of sp³-hybridized carbons (Fsp3) is 0.520. The van der Waals surface area contributed by atoms with E-state index < -0.39 is 23.9 Å². The number of aromatic amines is 1. The van der Waals surface area contributed by atoms with E-state index in [1.165, 1.54) is 7.11 Å². The average molecular weight is 502 g/mol. The van der Waals surface area contributed by atoms with Crippen molar-refractivity contribution in [3.63, 3.8) is 0 Å². The lowest BCUT2D eigenvalue weighted by Crippen LogP contribution is -2.51. The van der Waals surface area contributed by atoms with Crippen LogP contribution in [0.25, 0.3) is 10.9 Å². The molecule has 1 aromatic carbocycles. The highest BCUT2D eigenvalue weighted by Gasteiger charge is 2.31. The molecule has 188 valence electrons. The molecule has 0 bridgehead atoms. The van der Waals surface area contributed by atoms with E-state index in [0.717, 1.165) is 6.42 Å². The SMILES string of the molecule is COc1cc(Cl)c2[nH]c(C(=O)N[C@@H](CC(C)(C)C)C(=O)N[C@H](C#N)C[C@@H]3CCCNC3=O)cc2c1. The van der Waals surface area contributed by atoms with Crippen LogP contribution in [-0.2, 0) is 9.59 Å². The van der Waals surface area contributed by atoms with E-state index in [1.807, 2.05) is 20.8 Å². The van der Waals surface area contributed by atoms with Crippen molar-refractivity contribution in [1.29, 1.82) is 5.26 Å². The number of methoxy groups -OCH3 is 1. The van der Waals surface area contributed by atoms with Crippen LogP contribution in [0.4, 0.5) is 0 Å². The minimum atomic E-state index is -0.880. The maximum Gasteiger partial charge on any atom is 0.268 e. The molecule has 0 spiro atoms. The quantitative estimate of drug-likeness (QED) is 0.440. The molecule has 1 saturated heterocycles. The molecule has 0 radical (unpaired) electrons. The maximum atomic E-state index is 13.2. The lowest BCUT2D eigenvalue weighted by Gasteiger charge is -2.28. The topological polar surface area (TPSA) is 136 Å². The molecule has 0 unspecified atom stereocenters. The minimum Gasteiger partial charge on any atom is -0.497 e. The smallest absolute Gasteiger partial charge is 0.268 e. The molecule has 0 aliphatic carbocycles. The van der Waals surface area contributed by atoms with Crippen LogP contribution < -0.4 is 20.7 Å². The second-order valence-electron chi connectivity index (χ2n) is 10.1. The number of rotatable bonds is 8. The van der Waals surface area contributed by atoms with E-state index in [9.17, 15) is 19.6 Å². The molecule has 9 nitrogen and oxygen atoms in total. The Morgan fingerprint density at radius 1 is 1.29 bits per heavy atom. The van der Waals surface area contributed by atoms with Gasteiger partial charge in [-0.15, -0.1) is 0 Å². The van der Waals surface area contributed by atoms with Gasteiger partial charge in [0.1, 0.15) is 23.5 Å². The van der Waals surface area contributed by atoms with E-state index in [1.54, 1.807) is 18.2 Å². The molecule has 10 heteroatoms. The Morgan fingerprint density at radius 3 is 2.66 bits per heavy atom. The molecule has 3 amide bonds. The van der Waals surface area contributed by atoms with Crippen LogP contribution in [0.15, 0.2) is 18.2 Å². The number of ether oxygens (including phenoxy) is 1. The van der Waals surface area contributed by atoms with E-state index in [0.29, 0.717) is 41.1 Å². The zero-order valence-corrected chi connectivity index (χ0v) is 21.2. The summed E-state index contributed by atoms with van der Waals surface area (Å²) < 4.78 is 5.23. The Bertz CT molecular complexity index is 1150. The van der Waals surface area contributed by atoms with Gasteiger partial charge in [-0.05, 0) is 43.2 Å². The molecule has 4 N–H and O–H groups in total. The summed E-state index contributed by atoms with van der Waals surface area (Å²) in [6.45, 7) is 6.51. The number of nitrogens with one attached hydrogen (secondary N) is 4. The van der Waals surface area contributed by atoms with Gasteiger partial charge in [0.25, 0.3) is 5.91 Å². The fourth-order valence-electron chi connectivity index (χ4n) is 4.23. The van der Waals surface area contributed by atoms with Gasteiger partial charge in [0, 0.05) is 23.9 Å². The van der Waals surface area contributed by atoms with Crippen molar-refractivity contribution in [2.45, 2.75) is 58.5 Å². The first-order valence-corrected chi connectivity index (χ1v) is 12.0. The first-order valence-electron chi connectivity index (χ1n) is 11.7. The maximum absolute atomic E-state index is 13.2. The molecule has 1 fully saturated rings. The number of halogens is 1. The number of hydrogen-bond acceptors (Lipinski definition) is 5. The van der Waals surface area contributed by atoms with Crippen LogP contribution in [0.1, 0.15) is 56.9 Å².